The fourth-order valence-electron chi connectivity index (χ4n) is 3.87. The molecule has 0 spiro atoms. The topological polar surface area (TPSA) is 66.5 Å². The van der Waals surface area contributed by atoms with Crippen molar-refractivity contribution in [1.29, 1.82) is 0 Å². The van der Waals surface area contributed by atoms with Crippen molar-refractivity contribution >= 4 is 61.0 Å². The van der Waals surface area contributed by atoms with Gasteiger partial charge in [-0.25, -0.2) is 4.90 Å². The van der Waals surface area contributed by atoms with Gasteiger partial charge in [0.2, 0.25) is 11.8 Å². The Bertz CT molecular complexity index is 906. The van der Waals surface area contributed by atoms with E-state index in [9.17, 15) is 14.4 Å². The molecule has 4 rings (SSSR count). The molecular formula is C21H18Br2N2O3. The van der Waals surface area contributed by atoms with E-state index >= 15 is 0 Å². The van der Waals surface area contributed by atoms with Crippen LogP contribution < -0.4 is 10.2 Å². The predicted octanol–water partition coefficient (Wildman–Crippen LogP) is 4.37. The number of halogens is 2. The Morgan fingerprint density at radius 3 is 2.11 bits per heavy atom. The predicted molar refractivity (Wildman–Crippen MR) is 115 cm³/mol. The Morgan fingerprint density at radius 1 is 0.893 bits per heavy atom. The number of nitrogens with zero attached hydrogens (tertiary/aromatic N) is 1. The van der Waals surface area contributed by atoms with Crippen LogP contribution in [0.15, 0.2) is 54.6 Å². The summed E-state index contributed by atoms with van der Waals surface area (Å²) in [4.78, 5) is 39.9. The molecule has 2 fully saturated rings. The highest BCUT2D eigenvalue weighted by atomic mass is 79.9. The second kappa shape index (κ2) is 7.79. The zero-order chi connectivity index (χ0) is 19.8. The molecule has 144 valence electrons. The van der Waals surface area contributed by atoms with Gasteiger partial charge in [-0.15, -0.1) is 0 Å². The lowest BCUT2D eigenvalue weighted by Gasteiger charge is -2.29. The number of carbonyl (C=O) groups excluding carboxylic acids is 3. The Balaban J connectivity index is 1.57. The molecule has 1 aliphatic carbocycles. The molecule has 1 heterocycles. The van der Waals surface area contributed by atoms with Crippen molar-refractivity contribution in [2.75, 3.05) is 10.2 Å². The number of hydrogen-bond donors (Lipinski definition) is 1. The summed E-state index contributed by atoms with van der Waals surface area (Å²) in [5.41, 5.74) is 1.57. The second-order valence-corrected chi connectivity index (χ2v) is 9.45. The van der Waals surface area contributed by atoms with Gasteiger partial charge in [-0.2, -0.15) is 0 Å². The highest BCUT2D eigenvalue weighted by Gasteiger charge is 2.52. The molecule has 28 heavy (non-hydrogen) atoms. The number of rotatable bonds is 3. The van der Waals surface area contributed by atoms with Gasteiger partial charge in [0.1, 0.15) is 0 Å². The van der Waals surface area contributed by atoms with Gasteiger partial charge >= 0.3 is 0 Å². The zero-order valence-corrected chi connectivity index (χ0v) is 18.0. The van der Waals surface area contributed by atoms with E-state index in [0.717, 1.165) is 0 Å². The molecular weight excluding hydrogens is 488 g/mol. The molecule has 2 aliphatic rings. The van der Waals surface area contributed by atoms with E-state index < -0.39 is 0 Å². The molecule has 0 bridgehead atoms. The van der Waals surface area contributed by atoms with Crippen molar-refractivity contribution in [3.8, 4) is 0 Å². The zero-order valence-electron chi connectivity index (χ0n) is 14.8. The van der Waals surface area contributed by atoms with E-state index in [1.165, 1.54) is 4.90 Å². The van der Waals surface area contributed by atoms with E-state index in [1.54, 1.807) is 48.5 Å². The van der Waals surface area contributed by atoms with Gasteiger partial charge in [0.05, 0.1) is 17.5 Å². The maximum absolute atomic E-state index is 12.9. The largest absolute Gasteiger partial charge is 0.322 e. The first kappa shape index (κ1) is 19.3. The average Bonchev–Trinajstić information content (AvgIpc) is 2.93. The van der Waals surface area contributed by atoms with Crippen LogP contribution in [0.3, 0.4) is 0 Å². The third-order valence-corrected chi connectivity index (χ3v) is 8.04. The van der Waals surface area contributed by atoms with Crippen LogP contribution in [0.1, 0.15) is 23.2 Å². The van der Waals surface area contributed by atoms with Crippen molar-refractivity contribution in [1.82, 2.24) is 0 Å². The molecule has 3 amide bonds. The van der Waals surface area contributed by atoms with E-state index in [0.29, 0.717) is 29.8 Å². The number of nitrogens with one attached hydrogen (secondary N) is 1. The molecule has 4 atom stereocenters. The monoisotopic (exact) mass is 504 g/mol. The van der Waals surface area contributed by atoms with Crippen molar-refractivity contribution in [3.63, 3.8) is 0 Å². The van der Waals surface area contributed by atoms with E-state index in [-0.39, 0.29) is 39.2 Å². The number of amides is 3. The Morgan fingerprint density at radius 2 is 1.50 bits per heavy atom. The van der Waals surface area contributed by atoms with Gasteiger partial charge in [0.25, 0.3) is 5.91 Å². The van der Waals surface area contributed by atoms with E-state index in [2.05, 4.69) is 37.2 Å². The van der Waals surface area contributed by atoms with Crippen LogP contribution in [0.2, 0.25) is 0 Å². The highest BCUT2D eigenvalue weighted by molar-refractivity contribution is 9.12. The van der Waals surface area contributed by atoms with E-state index in [1.807, 2.05) is 6.07 Å². The van der Waals surface area contributed by atoms with Gasteiger partial charge in [0.15, 0.2) is 0 Å². The molecule has 1 saturated heterocycles. The molecule has 1 saturated carbocycles. The first-order chi connectivity index (χ1) is 13.5. The van der Waals surface area contributed by atoms with Gasteiger partial charge in [0, 0.05) is 20.9 Å². The minimum absolute atomic E-state index is 0.162. The number of imide groups is 1. The van der Waals surface area contributed by atoms with Gasteiger partial charge in [-0.05, 0) is 43.2 Å². The summed E-state index contributed by atoms with van der Waals surface area (Å²) in [7, 11) is 0. The SMILES string of the molecule is O=C(Nc1cccc(N2C(=O)[C@@H]3C[C@@H](Br)[C@@H](Br)C[C@H]3C2=O)c1)c1ccccc1. The van der Waals surface area contributed by atoms with Crippen LogP contribution >= 0.6 is 31.9 Å². The van der Waals surface area contributed by atoms with Gasteiger partial charge < -0.3 is 5.32 Å². The third kappa shape index (κ3) is 3.53. The lowest BCUT2D eigenvalue weighted by Crippen LogP contribution is -2.34. The van der Waals surface area contributed by atoms with Crippen LogP contribution in [-0.2, 0) is 9.59 Å². The fraction of sp³-hybridized carbons (Fsp3) is 0.286. The smallest absolute Gasteiger partial charge is 0.255 e. The third-order valence-electron chi connectivity index (χ3n) is 5.31. The molecule has 5 nitrogen and oxygen atoms in total. The van der Waals surface area contributed by atoms with Gasteiger partial charge in [-0.1, -0.05) is 56.1 Å². The summed E-state index contributed by atoms with van der Waals surface area (Å²) >= 11 is 7.20. The second-order valence-electron chi connectivity index (χ2n) is 7.10. The number of hydrogen-bond acceptors (Lipinski definition) is 3. The molecule has 2 aromatic carbocycles. The summed E-state index contributed by atoms with van der Waals surface area (Å²) in [5.74, 6) is -1.16. The van der Waals surface area contributed by atoms with Crippen molar-refractivity contribution in [2.24, 2.45) is 11.8 Å². The lowest BCUT2D eigenvalue weighted by atomic mass is 9.81. The van der Waals surface area contributed by atoms with Crippen molar-refractivity contribution in [3.05, 3.63) is 60.2 Å². The Kier molecular flexibility index (Phi) is 5.38. The maximum atomic E-state index is 12.9. The molecule has 1 N–H and O–H groups in total. The molecule has 1 aliphatic heterocycles. The van der Waals surface area contributed by atoms with Crippen LogP contribution in [0.5, 0.6) is 0 Å². The number of carbonyl (C=O) groups is 3. The normalized spacial score (nSPS) is 26.9. The molecule has 7 heteroatoms. The number of fused-ring (bicyclic) bond motifs is 1. The summed E-state index contributed by atoms with van der Waals surface area (Å²) < 4.78 is 0. The van der Waals surface area contributed by atoms with E-state index in [4.69, 9.17) is 0 Å². The minimum atomic E-state index is -0.298. The maximum Gasteiger partial charge on any atom is 0.255 e. The standard InChI is InChI=1S/C21H18Br2N2O3/c22-17-10-15-16(11-18(17)23)21(28)25(20(15)27)14-8-4-7-13(9-14)24-19(26)12-5-2-1-3-6-12/h1-9,15-18H,10-11H2,(H,24,26)/t15-,16-,17-,18+/m1/s1. The molecule has 0 unspecified atom stereocenters. The fourth-order valence-corrected chi connectivity index (χ4v) is 5.10. The number of anilines is 2. The summed E-state index contributed by atoms with van der Waals surface area (Å²) in [6, 6.07) is 15.8. The summed E-state index contributed by atoms with van der Waals surface area (Å²) in [5, 5.41) is 2.83. The quantitative estimate of drug-likeness (QED) is 0.497. The molecule has 0 aromatic heterocycles. The molecule has 0 radical (unpaired) electrons. The average molecular weight is 506 g/mol. The van der Waals surface area contributed by atoms with Crippen LogP contribution in [-0.4, -0.2) is 27.4 Å². The molecule has 2 aromatic rings. The van der Waals surface area contributed by atoms with Gasteiger partial charge in [-0.3, -0.25) is 14.4 Å². The first-order valence-corrected chi connectivity index (χ1v) is 10.9. The Hall–Kier alpha value is -1.99. The van der Waals surface area contributed by atoms with Crippen LogP contribution in [0.25, 0.3) is 0 Å². The van der Waals surface area contributed by atoms with Crippen molar-refractivity contribution < 1.29 is 14.4 Å². The number of benzene rings is 2. The first-order valence-electron chi connectivity index (χ1n) is 9.08. The lowest BCUT2D eigenvalue weighted by molar-refractivity contribution is -0.122. The minimum Gasteiger partial charge on any atom is -0.322 e. The Labute approximate surface area is 179 Å². The van der Waals surface area contributed by atoms with Crippen molar-refractivity contribution in [2.45, 2.75) is 22.5 Å². The van der Waals surface area contributed by atoms with Crippen LogP contribution in [0, 0.1) is 11.8 Å². The number of alkyl halides is 2. The highest BCUT2D eigenvalue weighted by Crippen LogP contribution is 2.44. The van der Waals surface area contributed by atoms with Crippen LogP contribution in [0.4, 0.5) is 11.4 Å². The summed E-state index contributed by atoms with van der Waals surface area (Å²) in [6.45, 7) is 0. The summed E-state index contributed by atoms with van der Waals surface area (Å²) in [6.07, 6.45) is 1.26.